The van der Waals surface area contributed by atoms with Gasteiger partial charge in [-0.05, 0) is 30.0 Å². The number of carbonyl (C=O) groups excluding carboxylic acids is 2. The number of esters is 2. The van der Waals surface area contributed by atoms with E-state index < -0.39 is 16.9 Å². The number of benzene rings is 3. The molecular formula is C27H21NO7. The zero-order chi connectivity index (χ0) is 24.4. The molecule has 35 heavy (non-hydrogen) atoms. The van der Waals surface area contributed by atoms with E-state index in [2.05, 4.69) is 0 Å². The predicted molar refractivity (Wildman–Crippen MR) is 126 cm³/mol. The highest BCUT2D eigenvalue weighted by molar-refractivity contribution is 5.97. The Morgan fingerprint density at radius 3 is 2.60 bits per heavy atom. The van der Waals surface area contributed by atoms with Crippen LogP contribution in [0.3, 0.4) is 0 Å². The number of nitro groups is 1. The molecule has 0 radical (unpaired) electrons. The van der Waals surface area contributed by atoms with Gasteiger partial charge in [0.25, 0.3) is 5.69 Å². The van der Waals surface area contributed by atoms with E-state index in [0.717, 1.165) is 11.1 Å². The monoisotopic (exact) mass is 471 g/mol. The number of allylic oxidation sites excluding steroid dienone is 2. The summed E-state index contributed by atoms with van der Waals surface area (Å²) in [6, 6.07) is 15.0. The van der Waals surface area contributed by atoms with E-state index in [-0.39, 0.29) is 23.6 Å². The van der Waals surface area contributed by atoms with E-state index in [1.54, 1.807) is 6.07 Å². The zero-order valence-corrected chi connectivity index (χ0v) is 18.7. The van der Waals surface area contributed by atoms with Gasteiger partial charge in [0, 0.05) is 35.7 Å². The van der Waals surface area contributed by atoms with Crippen molar-refractivity contribution in [3.05, 3.63) is 110 Å². The highest BCUT2D eigenvalue weighted by Gasteiger charge is 2.30. The molecule has 3 aromatic rings. The van der Waals surface area contributed by atoms with Gasteiger partial charge in [0.15, 0.2) is 0 Å². The minimum atomic E-state index is -0.659. The molecule has 2 aliphatic heterocycles. The molecular weight excluding hydrogens is 450 g/mol. The van der Waals surface area contributed by atoms with Crippen molar-refractivity contribution in [3.63, 3.8) is 0 Å². The second-order valence-electron chi connectivity index (χ2n) is 8.23. The molecule has 0 bridgehead atoms. The van der Waals surface area contributed by atoms with Crippen LogP contribution in [0.5, 0.6) is 11.5 Å². The summed E-state index contributed by atoms with van der Waals surface area (Å²) in [4.78, 5) is 37.0. The van der Waals surface area contributed by atoms with Crippen molar-refractivity contribution >= 4 is 17.6 Å². The molecule has 5 rings (SSSR count). The topological polar surface area (TPSA) is 105 Å². The van der Waals surface area contributed by atoms with Gasteiger partial charge in [0.1, 0.15) is 18.1 Å². The number of carbonyl (C=O) groups is 2. The first-order valence-corrected chi connectivity index (χ1v) is 11.2. The number of nitrogens with zero attached hydrogens (tertiary/aromatic N) is 1. The van der Waals surface area contributed by atoms with Crippen LogP contribution in [0.4, 0.5) is 5.69 Å². The molecule has 0 N–H and O–H groups in total. The minimum absolute atomic E-state index is 0.0999. The number of non-ortho nitro benzene ring substituents is 1. The number of hydrogen-bond donors (Lipinski definition) is 0. The Morgan fingerprint density at radius 2 is 1.80 bits per heavy atom. The lowest BCUT2D eigenvalue weighted by Gasteiger charge is -2.18. The fraction of sp³-hybridized carbons (Fsp3) is 0.185. The number of ether oxygens (including phenoxy) is 3. The van der Waals surface area contributed by atoms with Crippen LogP contribution < -0.4 is 9.47 Å². The number of nitro benzene ring substituents is 1. The van der Waals surface area contributed by atoms with Crippen molar-refractivity contribution in [1.29, 1.82) is 0 Å². The molecule has 0 fully saturated rings. The van der Waals surface area contributed by atoms with Crippen molar-refractivity contribution in [2.24, 2.45) is 0 Å². The Balaban J connectivity index is 1.53. The van der Waals surface area contributed by atoms with Gasteiger partial charge in [-0.15, -0.1) is 0 Å². The molecule has 0 aliphatic carbocycles. The predicted octanol–water partition coefficient (Wildman–Crippen LogP) is 4.76. The Labute approximate surface area is 200 Å². The molecule has 0 saturated heterocycles. The molecule has 0 spiro atoms. The maximum absolute atomic E-state index is 13.3. The van der Waals surface area contributed by atoms with Gasteiger partial charge < -0.3 is 14.2 Å². The van der Waals surface area contributed by atoms with Crippen LogP contribution in [0.15, 0.2) is 66.7 Å². The summed E-state index contributed by atoms with van der Waals surface area (Å²) in [6.45, 7) is 0.522. The van der Waals surface area contributed by atoms with Crippen LogP contribution in [0.25, 0.3) is 0 Å². The first-order valence-electron chi connectivity index (χ1n) is 11.2. The lowest BCUT2D eigenvalue weighted by atomic mass is 9.94. The van der Waals surface area contributed by atoms with E-state index in [4.69, 9.17) is 14.2 Å². The van der Waals surface area contributed by atoms with Crippen LogP contribution in [0.2, 0.25) is 0 Å². The molecule has 0 amide bonds. The Hall–Kier alpha value is -4.46. The number of rotatable bonds is 4. The standard InChI is InChI=1S/C27H21NO7/c29-26-20-11-10-19(28(31)32)14-18(20)8-4-5-9-21-24(35-26)15-23-22(12-13-33-23)25(21)27(30)34-16-17-6-2-1-3-7-17/h1-7,10-11,14-15H,8-9,12-13,16H2/b5-4-. The SMILES string of the molecule is O=C1Oc2cc3c(c(C(=O)OCc4ccccc4)c2C/C=C\Cc2cc([N+](=O)[O-])ccc21)CCO3. The summed E-state index contributed by atoms with van der Waals surface area (Å²) in [5.74, 6) is -0.482. The minimum Gasteiger partial charge on any atom is -0.493 e. The van der Waals surface area contributed by atoms with E-state index in [0.29, 0.717) is 48.3 Å². The zero-order valence-electron chi connectivity index (χ0n) is 18.7. The molecule has 3 aromatic carbocycles. The van der Waals surface area contributed by atoms with E-state index >= 15 is 0 Å². The fourth-order valence-electron chi connectivity index (χ4n) is 4.33. The summed E-state index contributed by atoms with van der Waals surface area (Å²) in [7, 11) is 0. The highest BCUT2D eigenvalue weighted by Crippen LogP contribution is 2.39. The van der Waals surface area contributed by atoms with Gasteiger partial charge in [-0.3, -0.25) is 10.1 Å². The van der Waals surface area contributed by atoms with Gasteiger partial charge in [-0.2, -0.15) is 0 Å². The third kappa shape index (κ3) is 4.50. The number of hydrogen-bond acceptors (Lipinski definition) is 7. The van der Waals surface area contributed by atoms with Crippen LogP contribution in [0.1, 0.15) is 43.0 Å². The maximum atomic E-state index is 13.3. The molecule has 0 aromatic heterocycles. The summed E-state index contributed by atoms with van der Waals surface area (Å²) in [5, 5.41) is 11.2. The second kappa shape index (κ2) is 9.42. The first kappa shape index (κ1) is 22.3. The van der Waals surface area contributed by atoms with Crippen molar-refractivity contribution in [2.45, 2.75) is 25.9 Å². The fourth-order valence-corrected chi connectivity index (χ4v) is 4.33. The molecule has 0 unspecified atom stereocenters. The normalized spacial score (nSPS) is 15.0. The quantitative estimate of drug-likeness (QED) is 0.178. The molecule has 0 saturated carbocycles. The van der Waals surface area contributed by atoms with Crippen molar-refractivity contribution < 1.29 is 28.7 Å². The molecule has 8 nitrogen and oxygen atoms in total. The Bertz CT molecular complexity index is 1360. The highest BCUT2D eigenvalue weighted by atomic mass is 16.6. The van der Waals surface area contributed by atoms with Gasteiger partial charge in [0.2, 0.25) is 0 Å². The smallest absolute Gasteiger partial charge is 0.343 e. The van der Waals surface area contributed by atoms with Gasteiger partial charge >= 0.3 is 11.9 Å². The lowest BCUT2D eigenvalue weighted by Crippen LogP contribution is -2.17. The molecule has 2 heterocycles. The third-order valence-electron chi connectivity index (χ3n) is 6.04. The van der Waals surface area contributed by atoms with Crippen molar-refractivity contribution in [2.75, 3.05) is 6.61 Å². The molecule has 8 heteroatoms. The van der Waals surface area contributed by atoms with Gasteiger partial charge in [-0.1, -0.05) is 42.5 Å². The van der Waals surface area contributed by atoms with E-state index in [1.165, 1.54) is 18.2 Å². The van der Waals surface area contributed by atoms with Crippen LogP contribution >= 0.6 is 0 Å². The lowest BCUT2D eigenvalue weighted by molar-refractivity contribution is -0.384. The summed E-state index contributed by atoms with van der Waals surface area (Å²) in [6.07, 6.45) is 4.85. The Morgan fingerprint density at radius 1 is 1.00 bits per heavy atom. The molecule has 176 valence electrons. The average molecular weight is 471 g/mol. The number of fused-ring (bicyclic) bond motifs is 3. The molecule has 2 aliphatic rings. The summed E-state index contributed by atoms with van der Waals surface area (Å²) >= 11 is 0. The molecule has 0 atom stereocenters. The van der Waals surface area contributed by atoms with Crippen LogP contribution in [0, 0.1) is 10.1 Å². The van der Waals surface area contributed by atoms with Crippen LogP contribution in [-0.2, 0) is 30.6 Å². The summed E-state index contributed by atoms with van der Waals surface area (Å²) in [5.41, 5.74) is 3.11. The largest absolute Gasteiger partial charge is 0.493 e. The average Bonchev–Trinajstić information content (AvgIpc) is 3.33. The van der Waals surface area contributed by atoms with Gasteiger partial charge in [-0.25, -0.2) is 9.59 Å². The van der Waals surface area contributed by atoms with E-state index in [9.17, 15) is 19.7 Å². The van der Waals surface area contributed by atoms with Gasteiger partial charge in [0.05, 0.1) is 22.7 Å². The van der Waals surface area contributed by atoms with Crippen molar-refractivity contribution in [1.82, 2.24) is 0 Å². The Kier molecular flexibility index (Phi) is 6.01. The van der Waals surface area contributed by atoms with Crippen LogP contribution in [-0.4, -0.2) is 23.5 Å². The second-order valence-corrected chi connectivity index (χ2v) is 8.23. The van der Waals surface area contributed by atoms with Crippen molar-refractivity contribution in [3.8, 4) is 11.5 Å². The first-order chi connectivity index (χ1) is 17.0. The van der Waals surface area contributed by atoms with E-state index in [1.807, 2.05) is 42.5 Å². The maximum Gasteiger partial charge on any atom is 0.343 e. The third-order valence-corrected chi connectivity index (χ3v) is 6.04. The summed E-state index contributed by atoms with van der Waals surface area (Å²) < 4.78 is 17.1.